The van der Waals surface area contributed by atoms with Gasteiger partial charge in [0.25, 0.3) is 0 Å². The Kier molecular flexibility index (Phi) is 5.79. The average molecular weight is 388 g/mol. The monoisotopic (exact) mass is 388 g/mol. The molecule has 3 rings (SSSR count). The maximum Gasteiger partial charge on any atom is 0.416 e. The third kappa shape index (κ3) is 4.77. The van der Waals surface area contributed by atoms with Crippen LogP contribution < -0.4 is 16.4 Å². The lowest BCUT2D eigenvalue weighted by molar-refractivity contribution is -0.137. The smallest absolute Gasteiger partial charge is 0.334 e. The summed E-state index contributed by atoms with van der Waals surface area (Å²) in [5.41, 5.74) is 6.85. The summed E-state index contributed by atoms with van der Waals surface area (Å²) in [7, 11) is 0. The fourth-order valence-electron chi connectivity index (χ4n) is 2.77. The molecule has 2 aromatic carbocycles. The van der Waals surface area contributed by atoms with Crippen molar-refractivity contribution in [3.05, 3.63) is 71.5 Å². The van der Waals surface area contributed by atoms with E-state index in [1.807, 2.05) is 12.1 Å². The summed E-state index contributed by atoms with van der Waals surface area (Å²) >= 11 is 0. The minimum Gasteiger partial charge on any atom is -0.334 e. The van der Waals surface area contributed by atoms with Gasteiger partial charge in [-0.05, 0) is 36.4 Å². The van der Waals surface area contributed by atoms with Crippen LogP contribution >= 0.6 is 0 Å². The van der Waals surface area contributed by atoms with Gasteiger partial charge in [0.05, 0.1) is 11.3 Å². The number of pyridine rings is 1. The van der Waals surface area contributed by atoms with Crippen LogP contribution in [0, 0.1) is 0 Å². The van der Waals surface area contributed by atoms with Crippen molar-refractivity contribution in [1.29, 1.82) is 0 Å². The predicted octanol–water partition coefficient (Wildman–Crippen LogP) is 4.08. The molecule has 0 spiro atoms. The van der Waals surface area contributed by atoms with Gasteiger partial charge in [-0.3, -0.25) is 4.98 Å². The van der Waals surface area contributed by atoms with E-state index in [0.717, 1.165) is 28.6 Å². The molecule has 146 valence electrons. The summed E-state index contributed by atoms with van der Waals surface area (Å²) < 4.78 is 37.8. The maximum atomic E-state index is 12.6. The number of halogens is 3. The molecule has 0 saturated heterocycles. The number of aromatic nitrogens is 1. The number of hydrogen-bond donors (Lipinski definition) is 3. The van der Waals surface area contributed by atoms with Crippen LogP contribution in [0.25, 0.3) is 10.8 Å². The molecule has 0 atom stereocenters. The third-order valence-corrected chi connectivity index (χ3v) is 4.20. The highest BCUT2D eigenvalue weighted by molar-refractivity contribution is 6.01. The molecule has 28 heavy (non-hydrogen) atoms. The predicted molar refractivity (Wildman–Crippen MR) is 102 cm³/mol. The van der Waals surface area contributed by atoms with Crippen LogP contribution in [0.3, 0.4) is 0 Å². The first-order chi connectivity index (χ1) is 13.4. The lowest BCUT2D eigenvalue weighted by atomic mass is 10.1. The van der Waals surface area contributed by atoms with Crippen LogP contribution in [0.4, 0.5) is 23.7 Å². The van der Waals surface area contributed by atoms with E-state index < -0.39 is 17.8 Å². The van der Waals surface area contributed by atoms with Crippen molar-refractivity contribution in [1.82, 2.24) is 10.3 Å². The van der Waals surface area contributed by atoms with Crippen LogP contribution in [0.1, 0.15) is 16.8 Å². The minimum absolute atomic E-state index is 0.106. The fourth-order valence-corrected chi connectivity index (χ4v) is 2.77. The molecule has 0 aliphatic heterocycles. The zero-order valence-corrected chi connectivity index (χ0v) is 14.9. The molecule has 2 amide bonds. The molecule has 0 saturated carbocycles. The van der Waals surface area contributed by atoms with E-state index in [4.69, 9.17) is 5.73 Å². The lowest BCUT2D eigenvalue weighted by Crippen LogP contribution is -2.28. The van der Waals surface area contributed by atoms with Crippen LogP contribution in [0.2, 0.25) is 0 Å². The summed E-state index contributed by atoms with van der Waals surface area (Å²) in [6.45, 7) is 0.580. The second kappa shape index (κ2) is 8.26. The molecule has 4 N–H and O–H groups in total. The third-order valence-electron chi connectivity index (χ3n) is 4.20. The highest BCUT2D eigenvalue weighted by Crippen LogP contribution is 2.29. The number of alkyl halides is 3. The molecular weight excluding hydrogens is 369 g/mol. The summed E-state index contributed by atoms with van der Waals surface area (Å²) in [5, 5.41) is 7.13. The topological polar surface area (TPSA) is 80.0 Å². The van der Waals surface area contributed by atoms with Crippen LogP contribution in [-0.4, -0.2) is 17.6 Å². The Hall–Kier alpha value is -3.13. The number of urea groups is 1. The number of anilines is 1. The molecule has 0 bridgehead atoms. The van der Waals surface area contributed by atoms with Gasteiger partial charge in [-0.1, -0.05) is 24.3 Å². The highest BCUT2D eigenvalue weighted by atomic mass is 19.4. The number of nitrogens with zero attached hydrogens (tertiary/aromatic N) is 1. The van der Waals surface area contributed by atoms with E-state index in [1.54, 1.807) is 18.3 Å². The van der Waals surface area contributed by atoms with Gasteiger partial charge in [-0.15, -0.1) is 0 Å². The van der Waals surface area contributed by atoms with Gasteiger partial charge in [-0.2, -0.15) is 13.2 Å². The van der Waals surface area contributed by atoms with Gasteiger partial charge >= 0.3 is 12.2 Å². The zero-order valence-electron chi connectivity index (χ0n) is 14.9. The average Bonchev–Trinajstić information content (AvgIpc) is 2.67. The zero-order chi connectivity index (χ0) is 20.1. The molecule has 1 aromatic heterocycles. The molecule has 3 aromatic rings. The number of benzene rings is 2. The first kappa shape index (κ1) is 19.6. The number of carbonyl (C=O) groups excluding carboxylic acids is 1. The molecule has 0 radical (unpaired) electrons. The summed E-state index contributed by atoms with van der Waals surface area (Å²) in [6.07, 6.45) is -2.02. The Balaban J connectivity index is 1.67. The number of nitrogens with two attached hydrogens (primary N) is 1. The largest absolute Gasteiger partial charge is 0.416 e. The van der Waals surface area contributed by atoms with E-state index in [9.17, 15) is 18.0 Å². The van der Waals surface area contributed by atoms with E-state index >= 15 is 0 Å². The van der Waals surface area contributed by atoms with Crippen molar-refractivity contribution < 1.29 is 18.0 Å². The molecule has 5 nitrogen and oxygen atoms in total. The molecule has 0 aliphatic carbocycles. The Labute approximate surface area is 159 Å². The quantitative estimate of drug-likeness (QED) is 0.616. The number of amides is 2. The molecule has 8 heteroatoms. The van der Waals surface area contributed by atoms with Crippen LogP contribution in [0.15, 0.2) is 54.7 Å². The second-order valence-electron chi connectivity index (χ2n) is 6.24. The van der Waals surface area contributed by atoms with Gasteiger partial charge in [-0.25, -0.2) is 4.79 Å². The Morgan fingerprint density at radius 2 is 1.86 bits per heavy atom. The highest BCUT2D eigenvalue weighted by Gasteiger charge is 2.29. The minimum atomic E-state index is -4.38. The van der Waals surface area contributed by atoms with Gasteiger partial charge in [0.1, 0.15) is 0 Å². The van der Waals surface area contributed by atoms with E-state index in [-0.39, 0.29) is 6.54 Å². The Morgan fingerprint density at radius 3 is 2.54 bits per heavy atom. The first-order valence-corrected chi connectivity index (χ1v) is 8.65. The van der Waals surface area contributed by atoms with Crippen LogP contribution in [-0.2, 0) is 19.1 Å². The molecule has 1 heterocycles. The number of nitrogens with one attached hydrogen (secondary N) is 2. The number of rotatable bonds is 5. The van der Waals surface area contributed by atoms with E-state index in [0.29, 0.717) is 24.2 Å². The number of fused-ring (bicyclic) bond motifs is 1. The summed E-state index contributed by atoms with van der Waals surface area (Å²) in [5.74, 6) is 0. The van der Waals surface area contributed by atoms with E-state index in [1.165, 1.54) is 12.1 Å². The first-order valence-electron chi connectivity index (χ1n) is 8.65. The summed E-state index contributed by atoms with van der Waals surface area (Å²) in [4.78, 5) is 16.6. The Morgan fingerprint density at radius 1 is 1.11 bits per heavy atom. The standard InChI is InChI=1S/C20H19F3N4O/c21-20(22,23)15-6-4-13(5-7-15)11-26-19(28)27-18-3-1-2-14-12-25-16(8-9-24)10-17(14)18/h1-7,10,12H,8-9,11,24H2,(H2,26,27,28). The molecular formula is C20H19F3N4O. The number of hydrogen-bond acceptors (Lipinski definition) is 3. The summed E-state index contributed by atoms with van der Waals surface area (Å²) in [6, 6.07) is 11.6. The van der Waals surface area contributed by atoms with Crippen molar-refractivity contribution in [3.63, 3.8) is 0 Å². The maximum absolute atomic E-state index is 12.6. The molecule has 0 aliphatic rings. The van der Waals surface area contributed by atoms with Crippen molar-refractivity contribution in [2.75, 3.05) is 11.9 Å². The normalized spacial score (nSPS) is 11.4. The van der Waals surface area contributed by atoms with Gasteiger partial charge < -0.3 is 16.4 Å². The van der Waals surface area contributed by atoms with Gasteiger partial charge in [0.15, 0.2) is 0 Å². The molecule has 0 fully saturated rings. The number of carbonyl (C=O) groups is 1. The van der Waals surface area contributed by atoms with Crippen molar-refractivity contribution in [3.8, 4) is 0 Å². The van der Waals surface area contributed by atoms with Gasteiger partial charge in [0.2, 0.25) is 0 Å². The van der Waals surface area contributed by atoms with Crippen molar-refractivity contribution >= 4 is 22.5 Å². The van der Waals surface area contributed by atoms with Gasteiger partial charge in [0, 0.05) is 35.6 Å². The van der Waals surface area contributed by atoms with Crippen LogP contribution in [0.5, 0.6) is 0 Å². The SMILES string of the molecule is NCCc1cc2c(NC(=O)NCc3ccc(C(F)(F)F)cc3)cccc2cn1. The Bertz CT molecular complexity index is 971. The second-order valence-corrected chi connectivity index (χ2v) is 6.24. The van der Waals surface area contributed by atoms with Crippen molar-refractivity contribution in [2.24, 2.45) is 5.73 Å². The van der Waals surface area contributed by atoms with Crippen molar-refractivity contribution in [2.45, 2.75) is 19.1 Å². The lowest BCUT2D eigenvalue weighted by Gasteiger charge is -2.12. The fraction of sp³-hybridized carbons (Fsp3) is 0.200. The van der Waals surface area contributed by atoms with E-state index in [2.05, 4.69) is 15.6 Å². The molecule has 0 unspecified atom stereocenters.